The van der Waals surface area contributed by atoms with Crippen LogP contribution in [0.25, 0.3) is 17.0 Å². The first-order valence-corrected chi connectivity index (χ1v) is 10.3. The maximum Gasteiger partial charge on any atom is 0.323 e. The number of aliphatic hydroxyl groups excluding tert-OH is 2. The van der Waals surface area contributed by atoms with E-state index in [1.165, 1.54) is 18.2 Å². The summed E-state index contributed by atoms with van der Waals surface area (Å²) in [4.78, 5) is 26.5. The molecule has 0 spiro atoms. The third kappa shape index (κ3) is 3.19. The molecule has 2 aliphatic rings. The minimum atomic E-state index is -1.10. The third-order valence-electron chi connectivity index (χ3n) is 6.27. The van der Waals surface area contributed by atoms with Crippen LogP contribution in [0.3, 0.4) is 0 Å². The second-order valence-electron chi connectivity index (χ2n) is 8.15. The molecule has 0 saturated carbocycles. The predicted molar refractivity (Wildman–Crippen MR) is 114 cm³/mol. The zero-order valence-corrected chi connectivity index (χ0v) is 17.0. The van der Waals surface area contributed by atoms with Crippen LogP contribution in [0.4, 0.5) is 4.39 Å². The van der Waals surface area contributed by atoms with E-state index in [-0.39, 0.29) is 19.0 Å². The Labute approximate surface area is 182 Å². The molecule has 2 atom stereocenters. The molecule has 3 aromatic rings. The quantitative estimate of drug-likeness (QED) is 0.586. The zero-order chi connectivity index (χ0) is 22.6. The Morgan fingerprint density at radius 2 is 1.97 bits per heavy atom. The van der Waals surface area contributed by atoms with Gasteiger partial charge in [0.1, 0.15) is 24.6 Å². The fraction of sp³-hybridized carbons (Fsp3) is 0.250. The zero-order valence-electron chi connectivity index (χ0n) is 17.0. The van der Waals surface area contributed by atoms with E-state index in [1.54, 1.807) is 39.8 Å². The molecule has 1 aliphatic heterocycles. The van der Waals surface area contributed by atoms with Gasteiger partial charge in [-0.2, -0.15) is 0 Å². The molecular weight excluding hydrogens is 415 g/mol. The van der Waals surface area contributed by atoms with Crippen molar-refractivity contribution < 1.29 is 29.3 Å². The number of fused-ring (bicyclic) bond motifs is 4. The number of benzene rings is 2. The number of aliphatic carboxylic acids is 1. The standard InChI is InChI=1S/C24H21FN2O5/c25-13-4-6-19-17(10-13)18-11-26(9-8-20(18)27(19)12-22(29)30)24(32)16-3-1-2-15-14(16)5-7-21(28)23(15)31/h1-7,10,21,23,28,31H,8-9,11-12H2,(H,29,30)/t21-,23-/m0/s1. The summed E-state index contributed by atoms with van der Waals surface area (Å²) in [6, 6.07) is 9.29. The maximum atomic E-state index is 14.0. The lowest BCUT2D eigenvalue weighted by Crippen LogP contribution is -2.37. The van der Waals surface area contributed by atoms with Gasteiger partial charge in [0.2, 0.25) is 0 Å². The van der Waals surface area contributed by atoms with E-state index in [9.17, 15) is 29.3 Å². The van der Waals surface area contributed by atoms with Crippen LogP contribution in [0.1, 0.15) is 38.8 Å². The molecule has 2 heterocycles. The number of rotatable bonds is 3. The van der Waals surface area contributed by atoms with E-state index in [0.29, 0.717) is 40.6 Å². The Morgan fingerprint density at radius 3 is 2.75 bits per heavy atom. The molecule has 164 valence electrons. The Morgan fingerprint density at radius 1 is 1.16 bits per heavy atom. The lowest BCUT2D eigenvalue weighted by Gasteiger charge is -2.30. The van der Waals surface area contributed by atoms with Crippen LogP contribution >= 0.6 is 0 Å². The van der Waals surface area contributed by atoms with E-state index < -0.39 is 24.0 Å². The third-order valence-corrected chi connectivity index (χ3v) is 6.27. The Balaban J connectivity index is 1.54. The van der Waals surface area contributed by atoms with E-state index in [1.807, 2.05) is 0 Å². The van der Waals surface area contributed by atoms with Crippen molar-refractivity contribution in [2.24, 2.45) is 0 Å². The van der Waals surface area contributed by atoms with Gasteiger partial charge in [-0.3, -0.25) is 9.59 Å². The van der Waals surface area contributed by atoms with E-state index in [2.05, 4.69) is 0 Å². The normalized spacial score (nSPS) is 19.7. The summed E-state index contributed by atoms with van der Waals surface area (Å²) in [5.41, 5.74) is 3.64. The number of carboxylic acid groups (broad SMARTS) is 1. The van der Waals surface area contributed by atoms with Crippen LogP contribution in [0.5, 0.6) is 0 Å². The van der Waals surface area contributed by atoms with Gasteiger partial charge in [-0.1, -0.05) is 24.3 Å². The van der Waals surface area contributed by atoms with Gasteiger partial charge < -0.3 is 24.8 Å². The summed E-state index contributed by atoms with van der Waals surface area (Å²) >= 11 is 0. The highest BCUT2D eigenvalue weighted by Gasteiger charge is 2.31. The number of carbonyl (C=O) groups excluding carboxylic acids is 1. The van der Waals surface area contributed by atoms with Crippen molar-refractivity contribution in [3.05, 3.63) is 76.2 Å². The highest BCUT2D eigenvalue weighted by atomic mass is 19.1. The maximum absolute atomic E-state index is 14.0. The Kier molecular flexibility index (Phi) is 4.83. The van der Waals surface area contributed by atoms with Crippen molar-refractivity contribution in [3.8, 4) is 0 Å². The van der Waals surface area contributed by atoms with Crippen LogP contribution in [-0.4, -0.2) is 49.3 Å². The predicted octanol–water partition coefficient (Wildman–Crippen LogP) is 2.48. The second-order valence-corrected chi connectivity index (χ2v) is 8.15. The molecule has 8 heteroatoms. The first-order valence-electron chi connectivity index (χ1n) is 10.3. The van der Waals surface area contributed by atoms with Gasteiger partial charge in [-0.05, 0) is 35.4 Å². The largest absolute Gasteiger partial charge is 0.480 e. The molecule has 7 nitrogen and oxygen atoms in total. The van der Waals surface area contributed by atoms with Crippen LogP contribution in [0, 0.1) is 5.82 Å². The fourth-order valence-electron chi connectivity index (χ4n) is 4.78. The highest BCUT2D eigenvalue weighted by molar-refractivity contribution is 5.99. The summed E-state index contributed by atoms with van der Waals surface area (Å²) in [5.74, 6) is -1.65. The van der Waals surface area contributed by atoms with Gasteiger partial charge in [0.05, 0.1) is 0 Å². The average Bonchev–Trinajstić information content (AvgIpc) is 3.07. The average molecular weight is 436 g/mol. The first kappa shape index (κ1) is 20.4. The molecule has 2 aromatic carbocycles. The van der Waals surface area contributed by atoms with Crippen LogP contribution in [0.2, 0.25) is 0 Å². The van der Waals surface area contributed by atoms with E-state index in [4.69, 9.17) is 0 Å². The van der Waals surface area contributed by atoms with Crippen molar-refractivity contribution in [2.75, 3.05) is 6.54 Å². The Bertz CT molecular complexity index is 1300. The summed E-state index contributed by atoms with van der Waals surface area (Å²) in [7, 11) is 0. The molecule has 0 fully saturated rings. The van der Waals surface area contributed by atoms with Crippen molar-refractivity contribution in [2.45, 2.75) is 31.7 Å². The SMILES string of the molecule is O=C(O)Cn1c2c(c3cc(F)ccc31)CN(C(=O)c1cccc3c1C=C[C@H](O)[C@H]3O)CC2. The molecule has 0 saturated heterocycles. The molecule has 3 N–H and O–H groups in total. The molecule has 0 radical (unpaired) electrons. The summed E-state index contributed by atoms with van der Waals surface area (Å²) < 4.78 is 15.7. The number of hydrogen-bond donors (Lipinski definition) is 3. The monoisotopic (exact) mass is 436 g/mol. The number of hydrogen-bond acceptors (Lipinski definition) is 4. The highest BCUT2D eigenvalue weighted by Crippen LogP contribution is 2.34. The number of carboxylic acids is 1. The minimum Gasteiger partial charge on any atom is -0.480 e. The van der Waals surface area contributed by atoms with Gasteiger partial charge >= 0.3 is 5.97 Å². The topological polar surface area (TPSA) is 103 Å². The first-order chi connectivity index (χ1) is 15.3. The summed E-state index contributed by atoms with van der Waals surface area (Å²) in [6.45, 7) is 0.366. The molecular formula is C24H21FN2O5. The van der Waals surface area contributed by atoms with Gasteiger partial charge in [0.25, 0.3) is 5.91 Å². The van der Waals surface area contributed by atoms with Gasteiger partial charge in [-0.15, -0.1) is 0 Å². The van der Waals surface area contributed by atoms with Crippen molar-refractivity contribution >= 4 is 28.9 Å². The van der Waals surface area contributed by atoms with E-state index >= 15 is 0 Å². The second kappa shape index (κ2) is 7.58. The van der Waals surface area contributed by atoms with Gasteiger partial charge in [0.15, 0.2) is 0 Å². The molecule has 1 aliphatic carbocycles. The Hall–Kier alpha value is -3.49. The number of carbonyl (C=O) groups is 2. The van der Waals surface area contributed by atoms with Gasteiger partial charge in [0, 0.05) is 47.2 Å². The number of aliphatic hydroxyl groups is 2. The lowest BCUT2D eigenvalue weighted by molar-refractivity contribution is -0.137. The smallest absolute Gasteiger partial charge is 0.323 e. The molecule has 0 bridgehead atoms. The summed E-state index contributed by atoms with van der Waals surface area (Å²) in [5, 5.41) is 30.1. The molecule has 0 unspecified atom stereocenters. The lowest BCUT2D eigenvalue weighted by atomic mass is 9.89. The fourth-order valence-corrected chi connectivity index (χ4v) is 4.78. The molecule has 32 heavy (non-hydrogen) atoms. The van der Waals surface area contributed by atoms with Gasteiger partial charge in [-0.25, -0.2) is 4.39 Å². The molecule has 1 aromatic heterocycles. The minimum absolute atomic E-state index is 0.222. The van der Waals surface area contributed by atoms with Crippen LogP contribution in [0.15, 0.2) is 42.5 Å². The van der Waals surface area contributed by atoms with Crippen molar-refractivity contribution in [1.82, 2.24) is 9.47 Å². The summed E-state index contributed by atoms with van der Waals surface area (Å²) in [6.07, 6.45) is 1.41. The number of halogens is 1. The van der Waals surface area contributed by atoms with Crippen LogP contribution in [-0.2, 0) is 24.3 Å². The number of aromatic nitrogens is 1. The number of amides is 1. The van der Waals surface area contributed by atoms with Crippen LogP contribution < -0.4 is 0 Å². The number of nitrogens with zero attached hydrogens (tertiary/aromatic N) is 2. The molecule has 5 rings (SSSR count). The van der Waals surface area contributed by atoms with Crippen molar-refractivity contribution in [3.63, 3.8) is 0 Å². The van der Waals surface area contributed by atoms with Crippen molar-refractivity contribution in [1.29, 1.82) is 0 Å². The van der Waals surface area contributed by atoms with E-state index in [0.717, 1.165) is 11.3 Å². The molecule has 1 amide bonds.